The maximum atomic E-state index is 12.3. The molecule has 1 fully saturated rings. The minimum atomic E-state index is 0.0422. The summed E-state index contributed by atoms with van der Waals surface area (Å²) in [5.41, 5.74) is 0.525. The van der Waals surface area contributed by atoms with Crippen molar-refractivity contribution in [1.29, 1.82) is 0 Å². The highest BCUT2D eigenvalue weighted by Gasteiger charge is 2.29. The fraction of sp³-hybridized carbons (Fsp3) is 0.538. The first kappa shape index (κ1) is 12.6. The van der Waals surface area contributed by atoms with Gasteiger partial charge in [-0.15, -0.1) is 0 Å². The Morgan fingerprint density at radius 3 is 2.94 bits per heavy atom. The number of halogens is 1. The molecule has 92 valence electrons. The van der Waals surface area contributed by atoms with E-state index in [1.165, 1.54) is 0 Å². The molecule has 4 heteroatoms. The van der Waals surface area contributed by atoms with Crippen molar-refractivity contribution in [3.05, 3.63) is 28.5 Å². The van der Waals surface area contributed by atoms with Crippen LogP contribution in [0.15, 0.2) is 22.8 Å². The molecule has 0 N–H and O–H groups in total. The number of carbonyl (C=O) groups excluding carboxylic acids is 1. The minimum Gasteiger partial charge on any atom is -0.337 e. The fourth-order valence-corrected chi connectivity index (χ4v) is 2.63. The van der Waals surface area contributed by atoms with E-state index < -0.39 is 0 Å². The van der Waals surface area contributed by atoms with Crippen molar-refractivity contribution in [3.63, 3.8) is 0 Å². The number of hydrogen-bond donors (Lipinski definition) is 0. The van der Waals surface area contributed by atoms with E-state index in [9.17, 15) is 4.79 Å². The van der Waals surface area contributed by atoms with Crippen LogP contribution in [0.1, 0.15) is 30.8 Å². The Labute approximate surface area is 110 Å². The van der Waals surface area contributed by atoms with Gasteiger partial charge in [0.25, 0.3) is 5.91 Å². The molecule has 2 rings (SSSR count). The van der Waals surface area contributed by atoms with Crippen molar-refractivity contribution in [3.8, 4) is 0 Å². The van der Waals surface area contributed by atoms with Crippen LogP contribution in [0, 0.1) is 11.8 Å². The number of aromatic nitrogens is 1. The van der Waals surface area contributed by atoms with E-state index in [1.54, 1.807) is 6.20 Å². The van der Waals surface area contributed by atoms with E-state index in [-0.39, 0.29) is 5.91 Å². The first-order chi connectivity index (χ1) is 8.09. The van der Waals surface area contributed by atoms with Gasteiger partial charge in [-0.05, 0) is 46.3 Å². The summed E-state index contributed by atoms with van der Waals surface area (Å²) in [6, 6.07) is 3.68. The molecule has 1 aliphatic heterocycles. The average Bonchev–Trinajstić information content (AvgIpc) is 2.78. The summed E-state index contributed by atoms with van der Waals surface area (Å²) in [4.78, 5) is 18.3. The first-order valence-electron chi connectivity index (χ1n) is 5.99. The molecular weight excluding hydrogens is 280 g/mol. The lowest BCUT2D eigenvalue weighted by Crippen LogP contribution is -2.30. The molecule has 1 aliphatic rings. The Kier molecular flexibility index (Phi) is 3.82. The number of nitrogens with zero attached hydrogens (tertiary/aromatic N) is 2. The van der Waals surface area contributed by atoms with E-state index in [1.807, 2.05) is 17.0 Å². The van der Waals surface area contributed by atoms with Crippen LogP contribution in [0.2, 0.25) is 0 Å². The zero-order valence-electron chi connectivity index (χ0n) is 10.2. The zero-order chi connectivity index (χ0) is 12.4. The van der Waals surface area contributed by atoms with Gasteiger partial charge in [-0.25, -0.2) is 4.98 Å². The number of rotatable bonds is 2. The third-order valence-corrected chi connectivity index (χ3v) is 4.06. The Morgan fingerprint density at radius 2 is 2.35 bits per heavy atom. The molecule has 2 heterocycles. The van der Waals surface area contributed by atoms with Gasteiger partial charge in [0, 0.05) is 23.8 Å². The van der Waals surface area contributed by atoms with Crippen molar-refractivity contribution < 1.29 is 4.79 Å². The molecule has 0 aromatic carbocycles. The van der Waals surface area contributed by atoms with Gasteiger partial charge in [-0.3, -0.25) is 4.79 Å². The topological polar surface area (TPSA) is 33.2 Å². The van der Waals surface area contributed by atoms with Crippen LogP contribution in [0.25, 0.3) is 0 Å². The molecule has 0 saturated carbocycles. The van der Waals surface area contributed by atoms with Gasteiger partial charge < -0.3 is 4.90 Å². The third kappa shape index (κ3) is 2.68. The van der Waals surface area contributed by atoms with Crippen molar-refractivity contribution in [1.82, 2.24) is 9.88 Å². The van der Waals surface area contributed by atoms with Crippen molar-refractivity contribution >= 4 is 21.8 Å². The highest BCUT2D eigenvalue weighted by atomic mass is 79.9. The summed E-state index contributed by atoms with van der Waals surface area (Å²) >= 11 is 3.38. The SMILES string of the molecule is CC(C)C1CCN(C(=O)c2ncccc2Br)C1. The molecule has 1 atom stereocenters. The summed E-state index contributed by atoms with van der Waals surface area (Å²) in [6.07, 6.45) is 2.77. The fourth-order valence-electron chi connectivity index (χ4n) is 2.21. The molecule has 1 aromatic rings. The number of likely N-dealkylation sites (tertiary alicyclic amines) is 1. The van der Waals surface area contributed by atoms with Crippen molar-refractivity contribution in [2.75, 3.05) is 13.1 Å². The molecule has 0 bridgehead atoms. The van der Waals surface area contributed by atoms with Gasteiger partial charge in [0.15, 0.2) is 0 Å². The largest absolute Gasteiger partial charge is 0.337 e. The predicted molar refractivity (Wildman–Crippen MR) is 70.8 cm³/mol. The second-order valence-corrected chi connectivity index (χ2v) is 5.73. The Bertz CT molecular complexity index is 420. The molecule has 0 spiro atoms. The molecule has 17 heavy (non-hydrogen) atoms. The standard InChI is InChI=1S/C13H17BrN2O/c1-9(2)10-5-7-16(8-10)13(17)12-11(14)4-3-6-15-12/h3-4,6,9-10H,5,7-8H2,1-2H3. The van der Waals surface area contributed by atoms with Gasteiger partial charge in [-0.1, -0.05) is 13.8 Å². The normalized spacial score (nSPS) is 20.0. The van der Waals surface area contributed by atoms with E-state index in [0.29, 0.717) is 17.5 Å². The number of amides is 1. The average molecular weight is 297 g/mol. The number of hydrogen-bond acceptors (Lipinski definition) is 2. The molecule has 1 aromatic heterocycles. The van der Waals surface area contributed by atoms with Gasteiger partial charge >= 0.3 is 0 Å². The number of carbonyl (C=O) groups is 1. The van der Waals surface area contributed by atoms with Gasteiger partial charge in [0.2, 0.25) is 0 Å². The molecule has 1 saturated heterocycles. The van der Waals surface area contributed by atoms with Crippen LogP contribution in [-0.2, 0) is 0 Å². The molecular formula is C13H17BrN2O. The lowest BCUT2D eigenvalue weighted by Gasteiger charge is -2.18. The minimum absolute atomic E-state index is 0.0422. The molecule has 1 amide bonds. The van der Waals surface area contributed by atoms with Crippen LogP contribution in [-0.4, -0.2) is 28.9 Å². The van der Waals surface area contributed by atoms with Crippen LogP contribution >= 0.6 is 15.9 Å². The molecule has 3 nitrogen and oxygen atoms in total. The van der Waals surface area contributed by atoms with Gasteiger partial charge in [0.05, 0.1) is 0 Å². The third-order valence-electron chi connectivity index (χ3n) is 3.42. The van der Waals surface area contributed by atoms with Gasteiger partial charge in [0.1, 0.15) is 5.69 Å². The van der Waals surface area contributed by atoms with Crippen LogP contribution in [0.5, 0.6) is 0 Å². The number of pyridine rings is 1. The highest BCUT2D eigenvalue weighted by Crippen LogP contribution is 2.25. The van der Waals surface area contributed by atoms with E-state index >= 15 is 0 Å². The summed E-state index contributed by atoms with van der Waals surface area (Å²) in [7, 11) is 0. The Morgan fingerprint density at radius 1 is 1.59 bits per heavy atom. The smallest absolute Gasteiger partial charge is 0.273 e. The molecule has 1 unspecified atom stereocenters. The van der Waals surface area contributed by atoms with E-state index in [4.69, 9.17) is 0 Å². The summed E-state index contributed by atoms with van der Waals surface area (Å²) < 4.78 is 0.776. The lowest BCUT2D eigenvalue weighted by molar-refractivity contribution is 0.0777. The highest BCUT2D eigenvalue weighted by molar-refractivity contribution is 9.10. The second kappa shape index (κ2) is 5.17. The van der Waals surface area contributed by atoms with E-state index in [2.05, 4.69) is 34.8 Å². The van der Waals surface area contributed by atoms with Gasteiger partial charge in [-0.2, -0.15) is 0 Å². The predicted octanol–water partition coefficient (Wildman–Crippen LogP) is 2.96. The quantitative estimate of drug-likeness (QED) is 0.841. The maximum absolute atomic E-state index is 12.3. The molecule has 0 radical (unpaired) electrons. The van der Waals surface area contributed by atoms with Crippen LogP contribution in [0.4, 0.5) is 0 Å². The maximum Gasteiger partial charge on any atom is 0.273 e. The zero-order valence-corrected chi connectivity index (χ0v) is 11.8. The lowest BCUT2D eigenvalue weighted by atomic mass is 9.95. The summed E-state index contributed by atoms with van der Waals surface area (Å²) in [6.45, 7) is 6.15. The first-order valence-corrected chi connectivity index (χ1v) is 6.78. The van der Waals surface area contributed by atoms with E-state index in [0.717, 1.165) is 24.0 Å². The van der Waals surface area contributed by atoms with Crippen LogP contribution < -0.4 is 0 Å². The van der Waals surface area contributed by atoms with Crippen molar-refractivity contribution in [2.45, 2.75) is 20.3 Å². The second-order valence-electron chi connectivity index (χ2n) is 4.88. The Balaban J connectivity index is 2.10. The summed E-state index contributed by atoms with van der Waals surface area (Å²) in [5.74, 6) is 1.31. The Hall–Kier alpha value is -0.900. The molecule has 0 aliphatic carbocycles. The van der Waals surface area contributed by atoms with Crippen LogP contribution in [0.3, 0.4) is 0 Å². The van der Waals surface area contributed by atoms with Crippen molar-refractivity contribution in [2.24, 2.45) is 11.8 Å². The monoisotopic (exact) mass is 296 g/mol. The summed E-state index contributed by atoms with van der Waals surface area (Å²) in [5, 5.41) is 0.